The van der Waals surface area contributed by atoms with E-state index in [1.54, 1.807) is 0 Å². The molecule has 0 saturated carbocycles. The van der Waals surface area contributed by atoms with E-state index in [9.17, 15) is 8.42 Å². The van der Waals surface area contributed by atoms with Crippen LogP contribution < -0.4 is 10.6 Å². The third kappa shape index (κ3) is 5.09. The normalized spacial score (nSPS) is 16.4. The van der Waals surface area contributed by atoms with Crippen LogP contribution in [0.5, 0.6) is 0 Å². The van der Waals surface area contributed by atoms with Crippen LogP contribution in [0, 0.1) is 0 Å². The van der Waals surface area contributed by atoms with Crippen molar-refractivity contribution in [1.82, 2.24) is 0 Å². The van der Waals surface area contributed by atoms with Gasteiger partial charge in [0.25, 0.3) is 0 Å². The molecule has 2 aromatic carbocycles. The molecule has 2 aromatic rings. The van der Waals surface area contributed by atoms with Crippen LogP contribution in [0.25, 0.3) is 0 Å². The van der Waals surface area contributed by atoms with Gasteiger partial charge in [-0.1, -0.05) is 0 Å². The zero-order valence-electron chi connectivity index (χ0n) is 15.7. The molecule has 0 spiro atoms. The van der Waals surface area contributed by atoms with Gasteiger partial charge in [0.1, 0.15) is 0 Å². The van der Waals surface area contributed by atoms with Crippen molar-refractivity contribution in [3.8, 4) is 0 Å². The summed E-state index contributed by atoms with van der Waals surface area (Å²) in [4.78, 5) is 0. The average molecular weight is 402 g/mol. The number of benzene rings is 2. The van der Waals surface area contributed by atoms with Crippen molar-refractivity contribution in [2.45, 2.75) is 0 Å². The van der Waals surface area contributed by atoms with Crippen molar-refractivity contribution in [3.63, 3.8) is 0 Å². The van der Waals surface area contributed by atoms with E-state index in [1.807, 2.05) is 101 Å². The quantitative estimate of drug-likeness (QED) is 0.693. The number of hydrogen-bond acceptors (Lipinski definition) is 4. The first-order valence-corrected chi connectivity index (χ1v) is 16.3. The number of rotatable bonds is 6. The molecule has 2 rings (SSSR count). The minimum atomic E-state index is -4.19. The Balaban J connectivity index is 2.37. The first-order valence-electron chi connectivity index (χ1n) is 7.98. The zero-order valence-corrected chi connectivity index (χ0v) is 18.3. The topological polar surface area (TPSA) is 52.6 Å². The zero-order chi connectivity index (χ0) is 19.0. The molecular formula is C18H28O4P2S. The van der Waals surface area contributed by atoms with Crippen LogP contribution >= 0.6 is 13.7 Å². The summed E-state index contributed by atoms with van der Waals surface area (Å²) in [6.07, 6.45) is 0. The maximum absolute atomic E-state index is 12.8. The summed E-state index contributed by atoms with van der Waals surface area (Å²) in [5.74, 6) is 0. The SMILES string of the molecule is CP(C)(C)(OS(=O)(=O)OP(C)(C)(C)c1ccccc1)c1ccccc1. The van der Waals surface area contributed by atoms with Crippen LogP contribution in [0.4, 0.5) is 0 Å². The summed E-state index contributed by atoms with van der Waals surface area (Å²) in [7, 11) is -4.19. The Morgan fingerprint density at radius 2 is 0.880 bits per heavy atom. The minimum absolute atomic E-state index is 0.879. The van der Waals surface area contributed by atoms with E-state index >= 15 is 0 Å². The van der Waals surface area contributed by atoms with Crippen LogP contribution in [0.3, 0.4) is 0 Å². The Morgan fingerprint density at radius 1 is 0.600 bits per heavy atom. The third-order valence-corrected chi connectivity index (χ3v) is 13.7. The number of hydrogen-bond donors (Lipinski definition) is 0. The second-order valence-electron chi connectivity index (χ2n) is 8.53. The van der Waals surface area contributed by atoms with Gasteiger partial charge >= 0.3 is 152 Å². The van der Waals surface area contributed by atoms with Crippen molar-refractivity contribution in [1.29, 1.82) is 0 Å². The first kappa shape index (κ1) is 20.5. The molecule has 0 saturated heterocycles. The molecule has 0 atom stereocenters. The van der Waals surface area contributed by atoms with Crippen LogP contribution in [-0.4, -0.2) is 48.4 Å². The molecule has 140 valence electrons. The average Bonchev–Trinajstić information content (AvgIpc) is 2.45. The molecule has 0 aliphatic rings. The molecule has 0 aliphatic carbocycles. The van der Waals surface area contributed by atoms with Crippen LogP contribution in [0.2, 0.25) is 0 Å². The van der Waals surface area contributed by atoms with E-state index in [1.165, 1.54) is 0 Å². The summed E-state index contributed by atoms with van der Waals surface area (Å²) < 4.78 is 37.1. The van der Waals surface area contributed by atoms with Crippen LogP contribution in [0.1, 0.15) is 0 Å². The molecule has 7 heteroatoms. The molecule has 0 unspecified atom stereocenters. The van der Waals surface area contributed by atoms with Gasteiger partial charge in [-0.05, 0) is 0 Å². The van der Waals surface area contributed by atoms with E-state index < -0.39 is 24.1 Å². The summed E-state index contributed by atoms with van der Waals surface area (Å²) in [6.45, 7) is 4.92. The predicted molar refractivity (Wildman–Crippen MR) is 113 cm³/mol. The summed E-state index contributed by atoms with van der Waals surface area (Å²) in [6, 6.07) is 18.9. The molecule has 25 heavy (non-hydrogen) atoms. The Kier molecular flexibility index (Phi) is 5.01. The molecule has 0 radical (unpaired) electrons. The van der Waals surface area contributed by atoms with E-state index in [0.717, 1.165) is 10.6 Å². The van der Waals surface area contributed by atoms with Gasteiger partial charge in [-0.25, -0.2) is 0 Å². The molecule has 0 heterocycles. The first-order chi connectivity index (χ1) is 11.2. The van der Waals surface area contributed by atoms with Gasteiger partial charge in [-0.2, -0.15) is 0 Å². The van der Waals surface area contributed by atoms with E-state index in [0.29, 0.717) is 0 Å². The molecule has 0 bridgehead atoms. The van der Waals surface area contributed by atoms with Crippen molar-refractivity contribution in [2.75, 3.05) is 40.0 Å². The van der Waals surface area contributed by atoms with Gasteiger partial charge in [-0.15, -0.1) is 0 Å². The van der Waals surface area contributed by atoms with Gasteiger partial charge in [0, 0.05) is 0 Å². The summed E-state index contributed by atoms with van der Waals surface area (Å²) in [5, 5.41) is 1.76. The molecular weight excluding hydrogens is 374 g/mol. The predicted octanol–water partition coefficient (Wildman–Crippen LogP) is 3.63. The van der Waals surface area contributed by atoms with E-state index in [2.05, 4.69) is 0 Å². The fraction of sp³-hybridized carbons (Fsp3) is 0.333. The van der Waals surface area contributed by atoms with Gasteiger partial charge in [0.05, 0.1) is 0 Å². The second-order valence-corrected chi connectivity index (χ2v) is 22.2. The Hall–Kier alpha value is -0.830. The van der Waals surface area contributed by atoms with Gasteiger partial charge in [0.15, 0.2) is 0 Å². The molecule has 0 fully saturated rings. The van der Waals surface area contributed by atoms with E-state index in [-0.39, 0.29) is 0 Å². The standard InChI is InChI=1S/C18H28O4P2S/c1-23(2,3,17-13-9-7-10-14-17)21-25(19,20)22-24(4,5,6)18-15-11-8-12-16-18/h7-16H,1-6H3. The fourth-order valence-electron chi connectivity index (χ4n) is 2.61. The molecule has 0 aliphatic heterocycles. The van der Waals surface area contributed by atoms with E-state index in [4.69, 9.17) is 7.94 Å². The fourth-order valence-corrected chi connectivity index (χ4v) is 11.1. The monoisotopic (exact) mass is 402 g/mol. The molecule has 0 N–H and O–H groups in total. The van der Waals surface area contributed by atoms with Gasteiger partial charge in [-0.3, -0.25) is 0 Å². The van der Waals surface area contributed by atoms with Crippen molar-refractivity contribution >= 4 is 34.7 Å². The Morgan fingerprint density at radius 3 is 1.16 bits per heavy atom. The van der Waals surface area contributed by atoms with Gasteiger partial charge in [0.2, 0.25) is 0 Å². The molecule has 0 aromatic heterocycles. The molecule has 0 amide bonds. The van der Waals surface area contributed by atoms with Crippen LogP contribution in [-0.2, 0) is 18.3 Å². The summed E-state index contributed by atoms with van der Waals surface area (Å²) >= 11 is 0. The maximum atomic E-state index is 12.8. The second kappa shape index (κ2) is 6.11. The Labute approximate surface area is 151 Å². The van der Waals surface area contributed by atoms with Crippen molar-refractivity contribution < 1.29 is 16.4 Å². The van der Waals surface area contributed by atoms with Crippen molar-refractivity contribution in [2.24, 2.45) is 0 Å². The van der Waals surface area contributed by atoms with Crippen LogP contribution in [0.15, 0.2) is 60.7 Å². The Bertz CT molecular complexity index is 778. The third-order valence-electron chi connectivity index (χ3n) is 3.98. The summed E-state index contributed by atoms with van der Waals surface area (Å²) in [5.41, 5.74) is 0. The molecule has 4 nitrogen and oxygen atoms in total. The van der Waals surface area contributed by atoms with Crippen molar-refractivity contribution in [3.05, 3.63) is 60.7 Å². The van der Waals surface area contributed by atoms with Gasteiger partial charge < -0.3 is 0 Å².